The summed E-state index contributed by atoms with van der Waals surface area (Å²) >= 11 is 6.51. The highest BCUT2D eigenvalue weighted by Gasteiger charge is 2.17. The van der Waals surface area contributed by atoms with E-state index in [1.54, 1.807) is 7.11 Å². The van der Waals surface area contributed by atoms with E-state index in [0.717, 1.165) is 61.5 Å². The van der Waals surface area contributed by atoms with Gasteiger partial charge in [0, 0.05) is 43.2 Å². The van der Waals surface area contributed by atoms with Crippen molar-refractivity contribution < 1.29 is 4.74 Å². The molecule has 0 bridgehead atoms. The molecule has 5 heteroatoms. The maximum Gasteiger partial charge on any atom is 0.134 e. The summed E-state index contributed by atoms with van der Waals surface area (Å²) in [5.41, 5.74) is 3.35. The molecule has 146 valence electrons. The number of methoxy groups -OCH3 is 1. The second kappa shape index (κ2) is 8.91. The second-order valence-electron chi connectivity index (χ2n) is 7.39. The van der Waals surface area contributed by atoms with Crippen LogP contribution in [0.2, 0.25) is 5.15 Å². The van der Waals surface area contributed by atoms with E-state index in [2.05, 4.69) is 51.2 Å². The van der Waals surface area contributed by atoms with Gasteiger partial charge < -0.3 is 4.74 Å². The van der Waals surface area contributed by atoms with Crippen LogP contribution < -0.4 is 4.74 Å². The summed E-state index contributed by atoms with van der Waals surface area (Å²) in [6, 6.07) is 18.8. The standard InChI is InChI=1S/C23H26ClN3O/c1-28-21-9-8-19-14-20(23(24)25-22(19)15-21)17-27-11-5-10-26(12-13-27)16-18-6-3-2-4-7-18/h2-4,6-9,14-15H,5,10-13,16-17H2,1H3. The van der Waals surface area contributed by atoms with Crippen LogP contribution in [-0.2, 0) is 13.1 Å². The molecule has 1 saturated heterocycles. The number of ether oxygens (including phenoxy) is 1. The molecule has 1 fully saturated rings. The van der Waals surface area contributed by atoms with Crippen LogP contribution in [0.15, 0.2) is 54.6 Å². The van der Waals surface area contributed by atoms with Crippen LogP contribution in [0.25, 0.3) is 10.9 Å². The predicted octanol–water partition coefficient (Wildman–Crippen LogP) is 4.60. The quantitative estimate of drug-likeness (QED) is 0.590. The van der Waals surface area contributed by atoms with Gasteiger partial charge in [-0.15, -0.1) is 0 Å². The first-order valence-electron chi connectivity index (χ1n) is 9.83. The lowest BCUT2D eigenvalue weighted by Gasteiger charge is -2.22. The lowest BCUT2D eigenvalue weighted by atomic mass is 10.1. The van der Waals surface area contributed by atoms with Gasteiger partial charge in [0.25, 0.3) is 0 Å². The Labute approximate surface area is 171 Å². The molecule has 4 rings (SSSR count). The Hall–Kier alpha value is -2.14. The fraction of sp³-hybridized carbons (Fsp3) is 0.348. The Balaban J connectivity index is 1.42. The Bertz CT molecular complexity index is 932. The summed E-state index contributed by atoms with van der Waals surface area (Å²) in [6.45, 7) is 6.20. The number of hydrogen-bond donors (Lipinski definition) is 0. The van der Waals surface area contributed by atoms with Gasteiger partial charge in [0.15, 0.2) is 0 Å². The van der Waals surface area contributed by atoms with E-state index in [-0.39, 0.29) is 0 Å². The van der Waals surface area contributed by atoms with Crippen molar-refractivity contribution >= 4 is 22.5 Å². The topological polar surface area (TPSA) is 28.6 Å². The third kappa shape index (κ3) is 4.64. The van der Waals surface area contributed by atoms with Crippen LogP contribution in [0.1, 0.15) is 17.5 Å². The highest BCUT2D eigenvalue weighted by Crippen LogP contribution is 2.25. The SMILES string of the molecule is COc1ccc2cc(CN3CCCN(Cc4ccccc4)CC3)c(Cl)nc2c1. The maximum atomic E-state index is 6.51. The van der Waals surface area contributed by atoms with Gasteiger partial charge in [-0.1, -0.05) is 41.9 Å². The lowest BCUT2D eigenvalue weighted by molar-refractivity contribution is 0.247. The van der Waals surface area contributed by atoms with Gasteiger partial charge in [0.1, 0.15) is 10.9 Å². The third-order valence-electron chi connectivity index (χ3n) is 5.38. The Morgan fingerprint density at radius 3 is 2.43 bits per heavy atom. The molecular formula is C23H26ClN3O. The van der Waals surface area contributed by atoms with E-state index < -0.39 is 0 Å². The summed E-state index contributed by atoms with van der Waals surface area (Å²) < 4.78 is 5.28. The number of fused-ring (bicyclic) bond motifs is 1. The first-order chi connectivity index (χ1) is 13.7. The molecule has 2 heterocycles. The van der Waals surface area contributed by atoms with E-state index in [1.807, 2.05) is 18.2 Å². The normalized spacial score (nSPS) is 16.2. The summed E-state index contributed by atoms with van der Waals surface area (Å²) in [7, 11) is 1.66. The molecule has 0 spiro atoms. The number of benzene rings is 2. The fourth-order valence-electron chi connectivity index (χ4n) is 3.83. The molecule has 28 heavy (non-hydrogen) atoms. The number of hydrogen-bond acceptors (Lipinski definition) is 4. The maximum absolute atomic E-state index is 6.51. The van der Waals surface area contributed by atoms with E-state index >= 15 is 0 Å². The zero-order valence-electron chi connectivity index (χ0n) is 16.3. The van der Waals surface area contributed by atoms with E-state index in [0.29, 0.717) is 5.15 Å². The zero-order chi connectivity index (χ0) is 19.3. The van der Waals surface area contributed by atoms with E-state index in [9.17, 15) is 0 Å². The Morgan fingerprint density at radius 1 is 0.929 bits per heavy atom. The van der Waals surface area contributed by atoms with Crippen molar-refractivity contribution in [1.29, 1.82) is 0 Å². The van der Waals surface area contributed by atoms with Crippen LogP contribution in [0.3, 0.4) is 0 Å². The molecule has 0 N–H and O–H groups in total. The number of aromatic nitrogens is 1. The Kier molecular flexibility index (Phi) is 6.10. The van der Waals surface area contributed by atoms with Crippen LogP contribution in [0, 0.1) is 0 Å². The summed E-state index contributed by atoms with van der Waals surface area (Å²) in [5, 5.41) is 1.69. The van der Waals surface area contributed by atoms with Gasteiger partial charge in [0.2, 0.25) is 0 Å². The van der Waals surface area contributed by atoms with Crippen molar-refractivity contribution in [2.45, 2.75) is 19.5 Å². The molecule has 0 unspecified atom stereocenters. The molecule has 1 aliphatic rings. The number of halogens is 1. The first kappa shape index (κ1) is 19.2. The average Bonchev–Trinajstić information content (AvgIpc) is 2.94. The van der Waals surface area contributed by atoms with Crippen LogP contribution >= 0.6 is 11.6 Å². The predicted molar refractivity (Wildman–Crippen MR) is 115 cm³/mol. The van der Waals surface area contributed by atoms with Crippen molar-refractivity contribution in [1.82, 2.24) is 14.8 Å². The van der Waals surface area contributed by atoms with Gasteiger partial charge in [-0.3, -0.25) is 9.80 Å². The van der Waals surface area contributed by atoms with Crippen molar-refractivity contribution in [3.63, 3.8) is 0 Å². The van der Waals surface area contributed by atoms with Crippen LogP contribution in [-0.4, -0.2) is 48.1 Å². The minimum atomic E-state index is 0.589. The highest BCUT2D eigenvalue weighted by atomic mass is 35.5. The average molecular weight is 396 g/mol. The molecule has 0 amide bonds. The molecule has 1 aromatic heterocycles. The fourth-order valence-corrected chi connectivity index (χ4v) is 4.03. The monoisotopic (exact) mass is 395 g/mol. The van der Waals surface area contributed by atoms with Crippen molar-refractivity contribution in [3.8, 4) is 5.75 Å². The Morgan fingerprint density at radius 2 is 1.68 bits per heavy atom. The molecule has 0 atom stereocenters. The van der Waals surface area contributed by atoms with E-state index in [1.165, 1.54) is 12.0 Å². The number of rotatable bonds is 5. The lowest BCUT2D eigenvalue weighted by Crippen LogP contribution is -2.30. The van der Waals surface area contributed by atoms with E-state index in [4.69, 9.17) is 16.3 Å². The molecule has 0 saturated carbocycles. The van der Waals surface area contributed by atoms with Crippen molar-refractivity contribution in [3.05, 3.63) is 70.9 Å². The van der Waals surface area contributed by atoms with Crippen LogP contribution in [0.4, 0.5) is 0 Å². The minimum absolute atomic E-state index is 0.589. The van der Waals surface area contributed by atoms with Crippen LogP contribution in [0.5, 0.6) is 5.75 Å². The van der Waals surface area contributed by atoms with Crippen molar-refractivity contribution in [2.75, 3.05) is 33.3 Å². The first-order valence-corrected chi connectivity index (χ1v) is 10.2. The van der Waals surface area contributed by atoms with Gasteiger partial charge in [-0.05, 0) is 43.3 Å². The molecule has 4 nitrogen and oxygen atoms in total. The third-order valence-corrected chi connectivity index (χ3v) is 5.70. The second-order valence-corrected chi connectivity index (χ2v) is 7.75. The number of nitrogens with zero attached hydrogens (tertiary/aromatic N) is 3. The minimum Gasteiger partial charge on any atom is -0.497 e. The summed E-state index contributed by atoms with van der Waals surface area (Å²) in [4.78, 5) is 9.63. The molecule has 3 aromatic rings. The molecule has 2 aromatic carbocycles. The molecular weight excluding hydrogens is 370 g/mol. The van der Waals surface area contributed by atoms with Crippen molar-refractivity contribution in [2.24, 2.45) is 0 Å². The molecule has 0 aliphatic carbocycles. The highest BCUT2D eigenvalue weighted by molar-refractivity contribution is 6.30. The van der Waals surface area contributed by atoms with Gasteiger partial charge in [-0.25, -0.2) is 4.98 Å². The van der Waals surface area contributed by atoms with Gasteiger partial charge in [0.05, 0.1) is 12.6 Å². The summed E-state index contributed by atoms with van der Waals surface area (Å²) in [5.74, 6) is 0.801. The largest absolute Gasteiger partial charge is 0.497 e. The molecule has 0 radical (unpaired) electrons. The smallest absolute Gasteiger partial charge is 0.134 e. The number of pyridine rings is 1. The van der Waals surface area contributed by atoms with Gasteiger partial charge >= 0.3 is 0 Å². The zero-order valence-corrected chi connectivity index (χ0v) is 17.0. The summed E-state index contributed by atoms with van der Waals surface area (Å²) in [6.07, 6.45) is 1.17. The molecule has 1 aliphatic heterocycles. The van der Waals surface area contributed by atoms with Gasteiger partial charge in [-0.2, -0.15) is 0 Å².